The van der Waals surface area contributed by atoms with Crippen molar-refractivity contribution in [3.63, 3.8) is 0 Å². The van der Waals surface area contributed by atoms with Crippen molar-refractivity contribution in [3.8, 4) is 0 Å². The van der Waals surface area contributed by atoms with E-state index in [0.29, 0.717) is 31.3 Å². The SMILES string of the molecule is CCOC(=O)N1CCC(Nc2ccc(F)c(C)c2)CC1. The van der Waals surface area contributed by atoms with Crippen molar-refractivity contribution >= 4 is 11.8 Å². The fraction of sp³-hybridized carbons (Fsp3) is 0.533. The fourth-order valence-electron chi connectivity index (χ4n) is 2.39. The Morgan fingerprint density at radius 1 is 1.45 bits per heavy atom. The Hall–Kier alpha value is -1.78. The number of anilines is 1. The maximum atomic E-state index is 13.2. The first-order chi connectivity index (χ1) is 9.60. The second kappa shape index (κ2) is 6.59. The third kappa shape index (κ3) is 3.62. The summed E-state index contributed by atoms with van der Waals surface area (Å²) in [7, 11) is 0. The molecule has 1 aromatic carbocycles. The van der Waals surface area contributed by atoms with Gasteiger partial charge in [-0.3, -0.25) is 0 Å². The molecule has 0 spiro atoms. The molecule has 1 heterocycles. The van der Waals surface area contributed by atoms with E-state index >= 15 is 0 Å². The second-order valence-electron chi connectivity index (χ2n) is 5.07. The van der Waals surface area contributed by atoms with E-state index in [1.807, 2.05) is 13.0 Å². The van der Waals surface area contributed by atoms with Crippen LogP contribution < -0.4 is 5.32 Å². The molecule has 0 atom stereocenters. The van der Waals surface area contributed by atoms with Gasteiger partial charge in [-0.1, -0.05) is 0 Å². The van der Waals surface area contributed by atoms with Gasteiger partial charge in [0.2, 0.25) is 0 Å². The van der Waals surface area contributed by atoms with Gasteiger partial charge in [-0.2, -0.15) is 0 Å². The molecule has 1 aliphatic heterocycles. The molecule has 1 aromatic rings. The zero-order valence-corrected chi connectivity index (χ0v) is 12.0. The molecule has 0 bridgehead atoms. The number of ether oxygens (including phenoxy) is 1. The van der Waals surface area contributed by atoms with E-state index in [2.05, 4.69) is 5.32 Å². The fourth-order valence-corrected chi connectivity index (χ4v) is 2.39. The number of nitrogens with zero attached hydrogens (tertiary/aromatic N) is 1. The van der Waals surface area contributed by atoms with Gasteiger partial charge in [0.05, 0.1) is 6.61 Å². The van der Waals surface area contributed by atoms with Crippen LogP contribution in [0, 0.1) is 12.7 Å². The van der Waals surface area contributed by atoms with Gasteiger partial charge in [-0.25, -0.2) is 9.18 Å². The topological polar surface area (TPSA) is 41.6 Å². The lowest BCUT2D eigenvalue weighted by Gasteiger charge is -2.32. The van der Waals surface area contributed by atoms with Crippen LogP contribution in [0.25, 0.3) is 0 Å². The molecule has 0 aliphatic carbocycles. The normalized spacial score (nSPS) is 16.1. The van der Waals surface area contributed by atoms with Crippen LogP contribution in [0.2, 0.25) is 0 Å². The van der Waals surface area contributed by atoms with Crippen molar-refractivity contribution in [1.29, 1.82) is 0 Å². The molecule has 2 rings (SSSR count). The number of carbonyl (C=O) groups is 1. The van der Waals surface area contributed by atoms with E-state index < -0.39 is 0 Å². The molecule has 1 fully saturated rings. The van der Waals surface area contributed by atoms with Crippen molar-refractivity contribution in [2.75, 3.05) is 25.0 Å². The monoisotopic (exact) mass is 280 g/mol. The highest BCUT2D eigenvalue weighted by molar-refractivity contribution is 5.67. The summed E-state index contributed by atoms with van der Waals surface area (Å²) in [5, 5.41) is 3.39. The van der Waals surface area contributed by atoms with Crippen LogP contribution in [0.3, 0.4) is 0 Å². The van der Waals surface area contributed by atoms with Gasteiger partial charge in [0.1, 0.15) is 5.82 Å². The largest absolute Gasteiger partial charge is 0.450 e. The van der Waals surface area contributed by atoms with Gasteiger partial charge in [0, 0.05) is 24.8 Å². The van der Waals surface area contributed by atoms with E-state index in [1.165, 1.54) is 6.07 Å². The van der Waals surface area contributed by atoms with Crippen LogP contribution in [0.1, 0.15) is 25.3 Å². The van der Waals surface area contributed by atoms with Gasteiger partial charge in [0.15, 0.2) is 0 Å². The minimum atomic E-state index is -0.233. The van der Waals surface area contributed by atoms with Crippen LogP contribution in [0.15, 0.2) is 18.2 Å². The number of aryl methyl sites for hydroxylation is 1. The third-order valence-corrected chi connectivity index (χ3v) is 3.55. The highest BCUT2D eigenvalue weighted by Crippen LogP contribution is 2.19. The van der Waals surface area contributed by atoms with Crippen molar-refractivity contribution in [3.05, 3.63) is 29.6 Å². The molecule has 4 nitrogen and oxygen atoms in total. The summed E-state index contributed by atoms with van der Waals surface area (Å²) >= 11 is 0. The molecule has 0 radical (unpaired) electrons. The predicted molar refractivity (Wildman–Crippen MR) is 76.4 cm³/mol. The molecule has 110 valence electrons. The molecule has 5 heteroatoms. The zero-order valence-electron chi connectivity index (χ0n) is 12.0. The summed E-state index contributed by atoms with van der Waals surface area (Å²) in [6, 6.07) is 5.35. The number of nitrogens with one attached hydrogen (secondary N) is 1. The van der Waals surface area contributed by atoms with Crippen LogP contribution in [-0.2, 0) is 4.74 Å². The molecule has 0 aromatic heterocycles. The number of hydrogen-bond acceptors (Lipinski definition) is 3. The molecule has 1 saturated heterocycles. The lowest BCUT2D eigenvalue weighted by molar-refractivity contribution is 0.0983. The smallest absolute Gasteiger partial charge is 0.409 e. The van der Waals surface area contributed by atoms with Gasteiger partial charge in [0.25, 0.3) is 0 Å². The second-order valence-corrected chi connectivity index (χ2v) is 5.07. The number of halogens is 1. The number of hydrogen-bond donors (Lipinski definition) is 1. The summed E-state index contributed by atoms with van der Waals surface area (Å²) in [4.78, 5) is 13.3. The molecular weight excluding hydrogens is 259 g/mol. The molecule has 1 aliphatic rings. The van der Waals surface area contributed by atoms with Crippen molar-refractivity contribution in [2.24, 2.45) is 0 Å². The van der Waals surface area contributed by atoms with Crippen LogP contribution >= 0.6 is 0 Å². The highest BCUT2D eigenvalue weighted by Gasteiger charge is 2.23. The Kier molecular flexibility index (Phi) is 4.82. The van der Waals surface area contributed by atoms with Crippen molar-refractivity contribution in [2.45, 2.75) is 32.7 Å². The van der Waals surface area contributed by atoms with Gasteiger partial charge in [-0.15, -0.1) is 0 Å². The van der Waals surface area contributed by atoms with E-state index in [1.54, 1.807) is 17.9 Å². The highest BCUT2D eigenvalue weighted by atomic mass is 19.1. The Labute approximate surface area is 118 Å². The van der Waals surface area contributed by atoms with Crippen molar-refractivity contribution < 1.29 is 13.9 Å². The minimum absolute atomic E-state index is 0.187. The minimum Gasteiger partial charge on any atom is -0.450 e. The van der Waals surface area contributed by atoms with Crippen molar-refractivity contribution in [1.82, 2.24) is 4.90 Å². The molecule has 0 saturated carbocycles. The number of likely N-dealkylation sites (tertiary alicyclic amines) is 1. The molecule has 20 heavy (non-hydrogen) atoms. The summed E-state index contributed by atoms with van der Waals surface area (Å²) in [5.41, 5.74) is 1.57. The summed E-state index contributed by atoms with van der Waals surface area (Å²) in [6.45, 7) is 5.35. The Bertz CT molecular complexity index is 471. The number of carbonyl (C=O) groups excluding carboxylic acids is 1. The van der Waals surface area contributed by atoms with E-state index in [0.717, 1.165) is 18.5 Å². The van der Waals surface area contributed by atoms with Crippen LogP contribution in [-0.4, -0.2) is 36.7 Å². The average molecular weight is 280 g/mol. The third-order valence-electron chi connectivity index (χ3n) is 3.55. The molecule has 1 N–H and O–H groups in total. The van der Waals surface area contributed by atoms with E-state index in [4.69, 9.17) is 4.74 Å². The Morgan fingerprint density at radius 2 is 2.15 bits per heavy atom. The first-order valence-corrected chi connectivity index (χ1v) is 7.04. The molecular formula is C15H21FN2O2. The molecule has 1 amide bonds. The quantitative estimate of drug-likeness (QED) is 0.924. The lowest BCUT2D eigenvalue weighted by atomic mass is 10.0. The Morgan fingerprint density at radius 3 is 2.75 bits per heavy atom. The maximum Gasteiger partial charge on any atom is 0.409 e. The number of amides is 1. The van der Waals surface area contributed by atoms with Gasteiger partial charge >= 0.3 is 6.09 Å². The number of rotatable bonds is 3. The summed E-state index contributed by atoms with van der Waals surface area (Å²) in [6.07, 6.45) is 1.51. The summed E-state index contributed by atoms with van der Waals surface area (Å²) < 4.78 is 18.2. The van der Waals surface area contributed by atoms with E-state index in [9.17, 15) is 9.18 Å². The first kappa shape index (κ1) is 14.6. The van der Waals surface area contributed by atoms with Gasteiger partial charge < -0.3 is 15.0 Å². The van der Waals surface area contributed by atoms with Crippen LogP contribution in [0.4, 0.5) is 14.9 Å². The van der Waals surface area contributed by atoms with Crippen LogP contribution in [0.5, 0.6) is 0 Å². The lowest BCUT2D eigenvalue weighted by Crippen LogP contribution is -2.42. The first-order valence-electron chi connectivity index (χ1n) is 7.04. The maximum absolute atomic E-state index is 13.2. The summed E-state index contributed by atoms with van der Waals surface area (Å²) in [5.74, 6) is -0.187. The standard InChI is InChI=1S/C15H21FN2O2/c1-3-20-15(19)18-8-6-12(7-9-18)17-13-4-5-14(16)11(2)10-13/h4-5,10,12,17H,3,6-9H2,1-2H3. The predicted octanol–water partition coefficient (Wildman–Crippen LogP) is 3.17. The van der Waals surface area contributed by atoms with Gasteiger partial charge in [-0.05, 0) is 50.5 Å². The molecule has 0 unspecified atom stereocenters. The Balaban J connectivity index is 1.85. The van der Waals surface area contributed by atoms with E-state index in [-0.39, 0.29) is 11.9 Å². The zero-order chi connectivity index (χ0) is 14.5. The number of benzene rings is 1. The average Bonchev–Trinajstić information content (AvgIpc) is 2.44. The number of piperidine rings is 1.